The van der Waals surface area contributed by atoms with Crippen molar-refractivity contribution in [3.05, 3.63) is 70.8 Å². The van der Waals surface area contributed by atoms with Crippen molar-refractivity contribution in [3.63, 3.8) is 0 Å². The van der Waals surface area contributed by atoms with E-state index in [-0.39, 0.29) is 15.7 Å². The van der Waals surface area contributed by atoms with Gasteiger partial charge in [-0.1, -0.05) is 77.9 Å². The molecule has 0 bridgehead atoms. The van der Waals surface area contributed by atoms with Crippen LogP contribution in [-0.4, -0.2) is 20.0 Å². The maximum atomic E-state index is 11.9. The fourth-order valence-corrected chi connectivity index (χ4v) is 4.71. The summed E-state index contributed by atoms with van der Waals surface area (Å²) in [5.41, 5.74) is 5.78. The molecule has 31 heavy (non-hydrogen) atoms. The van der Waals surface area contributed by atoms with E-state index in [1.807, 2.05) is 31.3 Å². The Labute approximate surface area is 186 Å². The molecule has 0 fully saturated rings. The van der Waals surface area contributed by atoms with Gasteiger partial charge in [0.15, 0.2) is 0 Å². The Morgan fingerprint density at radius 2 is 1.58 bits per heavy atom. The van der Waals surface area contributed by atoms with Crippen molar-refractivity contribution in [2.75, 3.05) is 12.4 Å². The highest BCUT2D eigenvalue weighted by Gasteiger charge is 2.25. The highest BCUT2D eigenvalue weighted by molar-refractivity contribution is 7.86. The smallest absolute Gasteiger partial charge is 0.295 e. The van der Waals surface area contributed by atoms with Crippen LogP contribution >= 0.6 is 0 Å². The van der Waals surface area contributed by atoms with E-state index < -0.39 is 10.1 Å². The van der Waals surface area contributed by atoms with Crippen molar-refractivity contribution in [1.29, 1.82) is 0 Å². The van der Waals surface area contributed by atoms with Gasteiger partial charge in [-0.25, -0.2) is 0 Å². The van der Waals surface area contributed by atoms with Crippen LogP contribution in [0.5, 0.6) is 0 Å². The normalized spacial score (nSPS) is 12.9. The van der Waals surface area contributed by atoms with E-state index in [0.717, 1.165) is 16.6 Å². The Morgan fingerprint density at radius 3 is 2.13 bits per heavy atom. The lowest BCUT2D eigenvalue weighted by molar-refractivity contribution is 0.484. The molecule has 4 nitrogen and oxygen atoms in total. The van der Waals surface area contributed by atoms with Gasteiger partial charge in [-0.2, -0.15) is 8.42 Å². The van der Waals surface area contributed by atoms with Crippen LogP contribution in [-0.2, 0) is 27.4 Å². The van der Waals surface area contributed by atoms with Gasteiger partial charge in [-0.3, -0.25) is 4.55 Å². The molecule has 0 spiro atoms. The predicted molar refractivity (Wildman–Crippen MR) is 130 cm³/mol. The minimum Gasteiger partial charge on any atom is -0.388 e. The highest BCUT2D eigenvalue weighted by atomic mass is 32.2. The van der Waals surface area contributed by atoms with Gasteiger partial charge in [-0.15, -0.1) is 0 Å². The summed E-state index contributed by atoms with van der Waals surface area (Å²) >= 11 is 0. The van der Waals surface area contributed by atoms with Gasteiger partial charge in [0.2, 0.25) is 0 Å². The van der Waals surface area contributed by atoms with Gasteiger partial charge in [0.25, 0.3) is 10.1 Å². The van der Waals surface area contributed by atoms with Crippen molar-refractivity contribution >= 4 is 26.6 Å². The van der Waals surface area contributed by atoms with Gasteiger partial charge in [0, 0.05) is 18.1 Å². The lowest BCUT2D eigenvalue weighted by Crippen LogP contribution is -2.19. The second kappa shape index (κ2) is 7.95. The Morgan fingerprint density at radius 1 is 0.903 bits per heavy atom. The molecule has 0 unspecified atom stereocenters. The molecule has 0 amide bonds. The molecule has 0 atom stereocenters. The molecule has 3 aromatic carbocycles. The van der Waals surface area contributed by atoms with Gasteiger partial charge in [0.05, 0.1) is 0 Å². The zero-order chi connectivity index (χ0) is 23.2. The maximum Gasteiger partial charge on any atom is 0.295 e. The zero-order valence-electron chi connectivity index (χ0n) is 19.5. The lowest BCUT2D eigenvalue weighted by atomic mass is 9.77. The van der Waals surface area contributed by atoms with Crippen molar-refractivity contribution in [2.45, 2.75) is 63.7 Å². The molecule has 0 saturated heterocycles. The number of rotatable bonds is 4. The third-order valence-corrected chi connectivity index (χ3v) is 6.63. The van der Waals surface area contributed by atoms with E-state index >= 15 is 0 Å². The summed E-state index contributed by atoms with van der Waals surface area (Å²) < 4.78 is 33.4. The van der Waals surface area contributed by atoms with Crippen molar-refractivity contribution in [1.82, 2.24) is 0 Å². The van der Waals surface area contributed by atoms with Crippen LogP contribution < -0.4 is 5.32 Å². The van der Waals surface area contributed by atoms with Gasteiger partial charge in [-0.05, 0) is 57.0 Å². The third kappa shape index (κ3) is 4.94. The first-order valence-corrected chi connectivity index (χ1v) is 12.0. The molecule has 3 rings (SSSR count). The Bertz CT molecular complexity index is 1230. The second-order valence-corrected chi connectivity index (χ2v) is 11.7. The molecule has 0 radical (unpaired) electrons. The first-order valence-electron chi connectivity index (χ1n) is 10.6. The largest absolute Gasteiger partial charge is 0.388 e. The van der Waals surface area contributed by atoms with Crippen molar-refractivity contribution in [2.24, 2.45) is 0 Å². The molecule has 0 aromatic heterocycles. The third-order valence-electron chi connectivity index (χ3n) is 5.72. The molecule has 0 saturated carbocycles. The topological polar surface area (TPSA) is 66.4 Å². The van der Waals surface area contributed by atoms with E-state index in [2.05, 4.69) is 59.0 Å². The Hall–Kier alpha value is -2.37. The SMILES string of the molecule is CNc1c(Cc2ccc3cccc(S(=O)(=O)O)c3c2)cc(C(C)(C)C)cc1C(C)(C)C. The molecular weight excluding hydrogens is 406 g/mol. The highest BCUT2D eigenvalue weighted by Crippen LogP contribution is 2.38. The summed E-state index contributed by atoms with van der Waals surface area (Å²) in [7, 11) is -2.35. The number of fused-ring (bicyclic) bond motifs is 1. The van der Waals surface area contributed by atoms with E-state index in [1.165, 1.54) is 22.8 Å². The molecule has 0 aliphatic heterocycles. The molecule has 3 aromatic rings. The molecule has 0 aliphatic rings. The second-order valence-electron chi connectivity index (χ2n) is 10.3. The quantitative estimate of drug-likeness (QED) is 0.467. The summed E-state index contributed by atoms with van der Waals surface area (Å²) in [6, 6.07) is 15.3. The number of nitrogens with one attached hydrogen (secondary N) is 1. The van der Waals surface area contributed by atoms with E-state index in [9.17, 15) is 13.0 Å². The Kier molecular flexibility index (Phi) is 5.98. The van der Waals surface area contributed by atoms with Gasteiger partial charge in [0.1, 0.15) is 4.90 Å². The fraction of sp³-hybridized carbons (Fsp3) is 0.385. The van der Waals surface area contributed by atoms with E-state index in [0.29, 0.717) is 11.8 Å². The average molecular weight is 440 g/mol. The predicted octanol–water partition coefficient (Wildman–Crippen LogP) is 6.31. The van der Waals surface area contributed by atoms with Crippen LogP contribution in [0.15, 0.2) is 53.4 Å². The van der Waals surface area contributed by atoms with Crippen LogP contribution in [0.1, 0.15) is 63.8 Å². The first-order chi connectivity index (χ1) is 14.2. The van der Waals surface area contributed by atoms with Crippen molar-refractivity contribution in [3.8, 4) is 0 Å². The lowest BCUT2D eigenvalue weighted by Gasteiger charge is -2.29. The number of hydrogen-bond donors (Lipinski definition) is 2. The monoisotopic (exact) mass is 439 g/mol. The van der Waals surface area contributed by atoms with E-state index in [1.54, 1.807) is 6.07 Å². The summed E-state index contributed by atoms with van der Waals surface area (Å²) in [5.74, 6) is 0. The summed E-state index contributed by atoms with van der Waals surface area (Å²) in [4.78, 5) is -0.0560. The zero-order valence-corrected chi connectivity index (χ0v) is 20.3. The van der Waals surface area contributed by atoms with Gasteiger partial charge < -0.3 is 5.32 Å². The van der Waals surface area contributed by atoms with E-state index in [4.69, 9.17) is 0 Å². The molecular formula is C26H33NO3S. The molecule has 0 heterocycles. The molecule has 5 heteroatoms. The number of hydrogen-bond acceptors (Lipinski definition) is 3. The Balaban J connectivity index is 2.21. The number of anilines is 1. The summed E-state index contributed by atoms with van der Waals surface area (Å²) in [6.07, 6.45) is 0.652. The summed E-state index contributed by atoms with van der Waals surface area (Å²) in [5, 5.41) is 4.73. The average Bonchev–Trinajstić information content (AvgIpc) is 2.64. The fourth-order valence-electron chi connectivity index (χ4n) is 4.01. The minimum absolute atomic E-state index is 0.00252. The molecule has 2 N–H and O–H groups in total. The van der Waals surface area contributed by atoms with Crippen molar-refractivity contribution < 1.29 is 13.0 Å². The molecule has 166 valence electrons. The van der Waals surface area contributed by atoms with Crippen LogP contribution in [0.2, 0.25) is 0 Å². The number of benzene rings is 3. The van der Waals surface area contributed by atoms with Crippen LogP contribution in [0.3, 0.4) is 0 Å². The standard InChI is InChI=1S/C26H33NO3S/c1-25(2,3)20-15-19(24(27-7)22(16-20)26(4,5)6)13-17-11-12-18-9-8-10-23(21(18)14-17)31(28,29)30/h8-12,14-16,27H,13H2,1-7H3,(H,28,29,30). The maximum absolute atomic E-state index is 11.9. The summed E-state index contributed by atoms with van der Waals surface area (Å²) in [6.45, 7) is 13.3. The van der Waals surface area contributed by atoms with Crippen LogP contribution in [0, 0.1) is 0 Å². The minimum atomic E-state index is -4.30. The van der Waals surface area contributed by atoms with Gasteiger partial charge >= 0.3 is 0 Å². The molecule has 0 aliphatic carbocycles. The first kappa shape index (κ1) is 23.3. The van der Waals surface area contributed by atoms with Crippen LogP contribution in [0.25, 0.3) is 10.8 Å². The van der Waals surface area contributed by atoms with Crippen LogP contribution in [0.4, 0.5) is 5.69 Å².